The molecular formula is C24H26O2. The van der Waals surface area contributed by atoms with Gasteiger partial charge in [-0.2, -0.15) is 0 Å². The van der Waals surface area contributed by atoms with Crippen molar-refractivity contribution in [2.45, 2.75) is 50.4 Å². The maximum atomic E-state index is 10.1. The van der Waals surface area contributed by atoms with E-state index >= 15 is 0 Å². The average Bonchev–Trinajstić information content (AvgIpc) is 2.69. The van der Waals surface area contributed by atoms with Gasteiger partial charge in [-0.1, -0.05) is 48.6 Å². The summed E-state index contributed by atoms with van der Waals surface area (Å²) < 4.78 is 0. The van der Waals surface area contributed by atoms with Gasteiger partial charge >= 0.3 is 0 Å². The first kappa shape index (κ1) is 17.0. The number of benzene rings is 2. The van der Waals surface area contributed by atoms with Gasteiger partial charge in [0, 0.05) is 0 Å². The van der Waals surface area contributed by atoms with E-state index in [0.29, 0.717) is 23.3 Å². The van der Waals surface area contributed by atoms with Gasteiger partial charge in [0.15, 0.2) is 0 Å². The number of aromatic hydroxyl groups is 2. The Hall–Kier alpha value is -2.48. The Morgan fingerprint density at radius 3 is 1.38 bits per heavy atom. The van der Waals surface area contributed by atoms with Gasteiger partial charge < -0.3 is 10.2 Å². The van der Waals surface area contributed by atoms with Gasteiger partial charge in [-0.25, -0.2) is 0 Å². The fraction of sp³-hybridized carbons (Fsp3) is 0.333. The van der Waals surface area contributed by atoms with Gasteiger partial charge in [-0.15, -0.1) is 0 Å². The van der Waals surface area contributed by atoms with E-state index in [1.165, 1.54) is 11.1 Å². The molecule has 0 heterocycles. The molecule has 0 fully saturated rings. The summed E-state index contributed by atoms with van der Waals surface area (Å²) in [5, 5.41) is 20.2. The fourth-order valence-electron chi connectivity index (χ4n) is 4.48. The molecule has 0 aliphatic heterocycles. The van der Waals surface area contributed by atoms with Crippen molar-refractivity contribution in [3.8, 4) is 11.5 Å². The normalized spacial score (nSPS) is 23.2. The Morgan fingerprint density at radius 2 is 1.04 bits per heavy atom. The lowest BCUT2D eigenvalue weighted by atomic mass is 9.77. The zero-order chi connectivity index (χ0) is 17.9. The molecular weight excluding hydrogens is 320 g/mol. The van der Waals surface area contributed by atoms with Crippen LogP contribution in [0, 0.1) is 0 Å². The summed E-state index contributed by atoms with van der Waals surface area (Å²) in [5.74, 6) is 1.71. The molecule has 0 saturated heterocycles. The Kier molecular flexibility index (Phi) is 4.83. The van der Waals surface area contributed by atoms with Crippen LogP contribution in [0.25, 0.3) is 0 Å². The van der Waals surface area contributed by atoms with Crippen molar-refractivity contribution in [1.29, 1.82) is 0 Å². The second-order valence-corrected chi connectivity index (χ2v) is 7.52. The maximum Gasteiger partial charge on any atom is 0.119 e. The Bertz CT molecular complexity index is 775. The van der Waals surface area contributed by atoms with Crippen LogP contribution < -0.4 is 0 Å². The van der Waals surface area contributed by atoms with Crippen molar-refractivity contribution in [3.05, 3.63) is 83.0 Å². The minimum Gasteiger partial charge on any atom is -0.508 e. The third-order valence-corrected chi connectivity index (χ3v) is 5.99. The highest BCUT2D eigenvalue weighted by atomic mass is 16.3. The number of phenolic OH excluding ortho intramolecular Hbond substituents is 2. The molecule has 4 rings (SSSR count). The Balaban J connectivity index is 1.43. The van der Waals surface area contributed by atoms with E-state index in [4.69, 9.17) is 0 Å². The SMILES string of the molecule is Oc1ccccc1C1CC=C(C2=CCC(c3ccccc3O)CC2)CC1. The van der Waals surface area contributed by atoms with Crippen molar-refractivity contribution in [1.82, 2.24) is 0 Å². The van der Waals surface area contributed by atoms with E-state index in [0.717, 1.165) is 49.7 Å². The van der Waals surface area contributed by atoms with E-state index in [9.17, 15) is 10.2 Å². The van der Waals surface area contributed by atoms with Crippen LogP contribution in [0.15, 0.2) is 71.8 Å². The summed E-state index contributed by atoms with van der Waals surface area (Å²) in [6, 6.07) is 15.5. The van der Waals surface area contributed by atoms with Crippen LogP contribution in [0.4, 0.5) is 0 Å². The van der Waals surface area contributed by atoms with Crippen LogP contribution in [0.5, 0.6) is 11.5 Å². The number of hydrogen-bond acceptors (Lipinski definition) is 2. The second-order valence-electron chi connectivity index (χ2n) is 7.52. The van der Waals surface area contributed by atoms with Gasteiger partial charge in [0.2, 0.25) is 0 Å². The molecule has 0 saturated carbocycles. The molecule has 2 atom stereocenters. The van der Waals surface area contributed by atoms with E-state index in [-0.39, 0.29) is 0 Å². The van der Waals surface area contributed by atoms with Gasteiger partial charge in [0.25, 0.3) is 0 Å². The average molecular weight is 346 g/mol. The summed E-state index contributed by atoms with van der Waals surface area (Å²) in [6.45, 7) is 0. The van der Waals surface area contributed by atoms with Crippen molar-refractivity contribution in [2.24, 2.45) is 0 Å². The van der Waals surface area contributed by atoms with Gasteiger partial charge in [0.05, 0.1) is 0 Å². The molecule has 2 aromatic rings. The molecule has 0 amide bonds. The predicted octanol–water partition coefficient (Wildman–Crippen LogP) is 6.19. The second kappa shape index (κ2) is 7.41. The molecule has 2 aliphatic carbocycles. The Labute approximate surface area is 155 Å². The molecule has 2 aromatic carbocycles. The third-order valence-electron chi connectivity index (χ3n) is 5.99. The lowest BCUT2D eigenvalue weighted by Gasteiger charge is -2.28. The molecule has 2 unspecified atom stereocenters. The highest BCUT2D eigenvalue weighted by molar-refractivity contribution is 5.41. The molecule has 0 bridgehead atoms. The topological polar surface area (TPSA) is 40.5 Å². The van der Waals surface area contributed by atoms with Gasteiger partial charge in [0.1, 0.15) is 11.5 Å². The smallest absolute Gasteiger partial charge is 0.119 e. The van der Waals surface area contributed by atoms with Crippen LogP contribution in [-0.4, -0.2) is 10.2 Å². The number of allylic oxidation sites excluding steroid dienone is 4. The molecule has 134 valence electrons. The molecule has 0 aromatic heterocycles. The number of phenols is 2. The zero-order valence-corrected chi connectivity index (χ0v) is 15.1. The van der Waals surface area contributed by atoms with Crippen LogP contribution in [0.2, 0.25) is 0 Å². The summed E-state index contributed by atoms with van der Waals surface area (Å²) in [6.07, 6.45) is 11.2. The minimum absolute atomic E-state index is 0.428. The van der Waals surface area contributed by atoms with Crippen LogP contribution in [0.1, 0.15) is 61.5 Å². The van der Waals surface area contributed by atoms with Crippen LogP contribution >= 0.6 is 0 Å². The molecule has 2 aliphatic rings. The maximum absolute atomic E-state index is 10.1. The first-order chi connectivity index (χ1) is 12.7. The molecule has 2 N–H and O–H groups in total. The lowest BCUT2D eigenvalue weighted by Crippen LogP contribution is -2.10. The molecule has 2 heteroatoms. The largest absolute Gasteiger partial charge is 0.508 e. The summed E-state index contributed by atoms with van der Waals surface area (Å²) >= 11 is 0. The zero-order valence-electron chi connectivity index (χ0n) is 15.1. The Morgan fingerprint density at radius 1 is 0.615 bits per heavy atom. The van der Waals surface area contributed by atoms with E-state index in [1.807, 2.05) is 24.3 Å². The quantitative estimate of drug-likeness (QED) is 0.696. The summed E-state index contributed by atoms with van der Waals surface area (Å²) in [4.78, 5) is 0. The van der Waals surface area contributed by atoms with E-state index in [2.05, 4.69) is 24.3 Å². The summed E-state index contributed by atoms with van der Waals surface area (Å²) in [5.41, 5.74) is 5.15. The highest BCUT2D eigenvalue weighted by Gasteiger charge is 2.23. The molecule has 26 heavy (non-hydrogen) atoms. The van der Waals surface area contributed by atoms with Crippen molar-refractivity contribution in [2.75, 3.05) is 0 Å². The predicted molar refractivity (Wildman–Crippen MR) is 106 cm³/mol. The minimum atomic E-state index is 0.428. The first-order valence-electron chi connectivity index (χ1n) is 9.66. The van der Waals surface area contributed by atoms with Gasteiger partial charge in [-0.3, -0.25) is 0 Å². The lowest BCUT2D eigenvalue weighted by molar-refractivity contribution is 0.452. The first-order valence-corrected chi connectivity index (χ1v) is 9.66. The van der Waals surface area contributed by atoms with Crippen LogP contribution in [0.3, 0.4) is 0 Å². The highest BCUT2D eigenvalue weighted by Crippen LogP contribution is 2.42. The van der Waals surface area contributed by atoms with E-state index in [1.54, 1.807) is 12.1 Å². The van der Waals surface area contributed by atoms with Crippen molar-refractivity contribution < 1.29 is 10.2 Å². The third kappa shape index (κ3) is 3.41. The number of para-hydroxylation sites is 2. The van der Waals surface area contributed by atoms with Crippen molar-refractivity contribution in [3.63, 3.8) is 0 Å². The van der Waals surface area contributed by atoms with Crippen LogP contribution in [-0.2, 0) is 0 Å². The molecule has 0 spiro atoms. The number of rotatable bonds is 3. The molecule has 0 radical (unpaired) electrons. The number of hydrogen-bond donors (Lipinski definition) is 2. The molecule has 2 nitrogen and oxygen atoms in total. The van der Waals surface area contributed by atoms with Gasteiger partial charge in [-0.05, 0) is 84.8 Å². The van der Waals surface area contributed by atoms with E-state index < -0.39 is 0 Å². The fourth-order valence-corrected chi connectivity index (χ4v) is 4.48. The summed E-state index contributed by atoms with van der Waals surface area (Å²) in [7, 11) is 0. The monoisotopic (exact) mass is 346 g/mol. The standard InChI is InChI=1S/C24H26O2/c25-23-7-3-1-5-21(23)19-13-9-17(10-14-19)18-11-15-20(16-12-18)22-6-2-4-8-24(22)26/h1-9,11,19-20,25-26H,10,12-16H2. The van der Waals surface area contributed by atoms with Crippen molar-refractivity contribution >= 4 is 0 Å².